The Bertz CT molecular complexity index is 928. The first-order valence-corrected chi connectivity index (χ1v) is 12.7. The second-order valence-electron chi connectivity index (χ2n) is 9.23. The molecule has 178 valence electrons. The molecular formula is C24H33N5O3S. The summed E-state index contributed by atoms with van der Waals surface area (Å²) in [5.41, 5.74) is 1.13. The van der Waals surface area contributed by atoms with Gasteiger partial charge < -0.3 is 20.0 Å². The van der Waals surface area contributed by atoms with Gasteiger partial charge in [-0.25, -0.2) is 0 Å². The number of anilines is 1. The van der Waals surface area contributed by atoms with Crippen molar-refractivity contribution in [3.8, 4) is 0 Å². The van der Waals surface area contributed by atoms with Crippen molar-refractivity contribution in [1.82, 2.24) is 14.7 Å². The molecule has 9 heteroatoms. The van der Waals surface area contributed by atoms with E-state index in [-0.39, 0.29) is 24.1 Å². The second-order valence-corrected chi connectivity index (χ2v) is 10.4. The average molecular weight is 472 g/mol. The van der Waals surface area contributed by atoms with E-state index in [1.807, 2.05) is 19.0 Å². The van der Waals surface area contributed by atoms with Crippen LogP contribution in [0.2, 0.25) is 0 Å². The summed E-state index contributed by atoms with van der Waals surface area (Å²) in [5.74, 6) is -0.495. The predicted octanol–water partition coefficient (Wildman–Crippen LogP) is 2.67. The summed E-state index contributed by atoms with van der Waals surface area (Å²) >= 11 is 1.39. The lowest BCUT2D eigenvalue weighted by atomic mass is 10.0. The van der Waals surface area contributed by atoms with Crippen LogP contribution in [0, 0.1) is 0 Å². The molecule has 3 aliphatic rings. The van der Waals surface area contributed by atoms with E-state index in [1.54, 1.807) is 24.3 Å². The van der Waals surface area contributed by atoms with Gasteiger partial charge >= 0.3 is 0 Å². The highest BCUT2D eigenvalue weighted by molar-refractivity contribution is 8.15. The van der Waals surface area contributed by atoms with Crippen molar-refractivity contribution >= 4 is 40.3 Å². The molecule has 0 spiro atoms. The number of nitrogens with one attached hydrogen (secondary N) is 1. The maximum absolute atomic E-state index is 13.0. The second kappa shape index (κ2) is 10.7. The van der Waals surface area contributed by atoms with Crippen molar-refractivity contribution < 1.29 is 14.4 Å². The van der Waals surface area contributed by atoms with Crippen LogP contribution in [0.15, 0.2) is 29.3 Å². The summed E-state index contributed by atoms with van der Waals surface area (Å²) in [6.07, 6.45) is 5.58. The van der Waals surface area contributed by atoms with Crippen LogP contribution in [0.25, 0.3) is 0 Å². The van der Waals surface area contributed by atoms with Crippen molar-refractivity contribution in [2.24, 2.45) is 4.99 Å². The van der Waals surface area contributed by atoms with Crippen LogP contribution in [0.1, 0.15) is 48.9 Å². The first-order chi connectivity index (χ1) is 15.9. The Morgan fingerprint density at radius 3 is 2.70 bits per heavy atom. The van der Waals surface area contributed by atoms with E-state index in [9.17, 15) is 14.4 Å². The minimum absolute atomic E-state index is 0.0150. The quantitative estimate of drug-likeness (QED) is 0.711. The summed E-state index contributed by atoms with van der Waals surface area (Å²) in [6.45, 7) is 3.30. The molecule has 33 heavy (non-hydrogen) atoms. The van der Waals surface area contributed by atoms with Gasteiger partial charge in [0.1, 0.15) is 5.25 Å². The highest BCUT2D eigenvalue weighted by atomic mass is 32.2. The standard InChI is InChI=1S/C24H33N5O3S/c1-27(2)19-10-7-13-29(16-19)23(32)17-8-6-9-18(14-17)25-21(30)15-20-22(31)26-24(33-20)28-11-4-3-5-12-28/h6,8-9,14,19-20H,3-5,7,10-13,15-16H2,1-2H3,(H,25,30). The van der Waals surface area contributed by atoms with Crippen LogP contribution in [-0.4, -0.2) is 89.2 Å². The van der Waals surface area contributed by atoms with Gasteiger partial charge in [0.15, 0.2) is 5.17 Å². The molecule has 3 aliphatic heterocycles. The molecule has 4 rings (SSSR count). The fraction of sp³-hybridized carbons (Fsp3) is 0.583. The van der Waals surface area contributed by atoms with E-state index in [1.165, 1.54) is 18.2 Å². The summed E-state index contributed by atoms with van der Waals surface area (Å²) in [6, 6.07) is 7.42. The summed E-state index contributed by atoms with van der Waals surface area (Å²) in [7, 11) is 4.09. The molecule has 0 radical (unpaired) electrons. The number of thioether (sulfide) groups is 1. The van der Waals surface area contributed by atoms with E-state index in [2.05, 4.69) is 20.1 Å². The number of likely N-dealkylation sites (tertiary alicyclic amines) is 2. The number of hydrogen-bond donors (Lipinski definition) is 1. The first-order valence-electron chi connectivity index (χ1n) is 11.8. The van der Waals surface area contributed by atoms with Crippen LogP contribution in [0.5, 0.6) is 0 Å². The average Bonchev–Trinajstić information content (AvgIpc) is 3.19. The van der Waals surface area contributed by atoms with Gasteiger partial charge in [0, 0.05) is 49.9 Å². The zero-order chi connectivity index (χ0) is 23.4. The summed E-state index contributed by atoms with van der Waals surface area (Å²) < 4.78 is 0. The van der Waals surface area contributed by atoms with Gasteiger partial charge in [0.25, 0.3) is 11.8 Å². The lowest BCUT2D eigenvalue weighted by Crippen LogP contribution is -2.47. The molecule has 8 nitrogen and oxygen atoms in total. The number of piperidine rings is 2. The predicted molar refractivity (Wildman–Crippen MR) is 132 cm³/mol. The number of aliphatic imine (C=N–C) groups is 1. The van der Waals surface area contributed by atoms with Crippen molar-refractivity contribution in [3.05, 3.63) is 29.8 Å². The third-order valence-electron chi connectivity index (χ3n) is 6.53. The summed E-state index contributed by atoms with van der Waals surface area (Å²) in [5, 5.41) is 3.13. The molecular weight excluding hydrogens is 438 g/mol. The number of likely N-dealkylation sites (N-methyl/N-ethyl adjacent to an activating group) is 1. The van der Waals surface area contributed by atoms with Crippen LogP contribution in [0.3, 0.4) is 0 Å². The Labute approximate surface area is 199 Å². The Hall–Kier alpha value is -2.39. The van der Waals surface area contributed by atoms with Gasteiger partial charge in [-0.2, -0.15) is 4.99 Å². The first kappa shape index (κ1) is 23.8. The van der Waals surface area contributed by atoms with Crippen LogP contribution < -0.4 is 5.32 Å². The monoisotopic (exact) mass is 471 g/mol. The fourth-order valence-electron chi connectivity index (χ4n) is 4.58. The van der Waals surface area contributed by atoms with E-state index in [0.29, 0.717) is 23.8 Å². The zero-order valence-corrected chi connectivity index (χ0v) is 20.3. The zero-order valence-electron chi connectivity index (χ0n) is 19.5. The minimum Gasteiger partial charge on any atom is -0.351 e. The SMILES string of the molecule is CN(C)C1CCCN(C(=O)c2cccc(NC(=O)CC3SC(N4CCCCC4)=NC3=O)c2)C1. The number of nitrogens with zero attached hydrogens (tertiary/aromatic N) is 4. The van der Waals surface area contributed by atoms with E-state index in [0.717, 1.165) is 50.5 Å². The van der Waals surface area contributed by atoms with Gasteiger partial charge in [0.2, 0.25) is 5.91 Å². The van der Waals surface area contributed by atoms with Crippen molar-refractivity contribution in [2.75, 3.05) is 45.6 Å². The number of amides is 3. The molecule has 0 aliphatic carbocycles. The van der Waals surface area contributed by atoms with Gasteiger partial charge in [-0.05, 0) is 64.4 Å². The maximum Gasteiger partial charge on any atom is 0.262 e. The molecule has 0 bridgehead atoms. The molecule has 1 aromatic rings. The third-order valence-corrected chi connectivity index (χ3v) is 7.75. The topological polar surface area (TPSA) is 85.3 Å². The molecule has 1 aromatic carbocycles. The Morgan fingerprint density at radius 2 is 1.94 bits per heavy atom. The van der Waals surface area contributed by atoms with Crippen molar-refractivity contribution in [1.29, 1.82) is 0 Å². The van der Waals surface area contributed by atoms with Gasteiger partial charge in [-0.1, -0.05) is 17.8 Å². The third kappa shape index (κ3) is 5.95. The number of amidine groups is 1. The van der Waals surface area contributed by atoms with Gasteiger partial charge in [-0.3, -0.25) is 14.4 Å². The number of hydrogen-bond acceptors (Lipinski definition) is 6. The van der Waals surface area contributed by atoms with Crippen LogP contribution in [-0.2, 0) is 9.59 Å². The number of carbonyl (C=O) groups is 3. The maximum atomic E-state index is 13.0. The normalized spacial score (nSPS) is 23.6. The molecule has 0 aromatic heterocycles. The lowest BCUT2D eigenvalue weighted by Gasteiger charge is -2.36. The largest absolute Gasteiger partial charge is 0.351 e. The number of rotatable bonds is 5. The van der Waals surface area contributed by atoms with E-state index >= 15 is 0 Å². The highest BCUT2D eigenvalue weighted by Gasteiger charge is 2.33. The number of benzene rings is 1. The summed E-state index contributed by atoms with van der Waals surface area (Å²) in [4.78, 5) is 48.4. The number of carbonyl (C=O) groups excluding carboxylic acids is 3. The molecule has 3 amide bonds. The smallest absolute Gasteiger partial charge is 0.262 e. The molecule has 2 atom stereocenters. The Balaban J connectivity index is 1.32. The Kier molecular flexibility index (Phi) is 7.70. The molecule has 2 fully saturated rings. The molecule has 0 saturated carbocycles. The highest BCUT2D eigenvalue weighted by Crippen LogP contribution is 2.29. The molecule has 2 saturated heterocycles. The molecule has 3 heterocycles. The van der Waals surface area contributed by atoms with Crippen LogP contribution >= 0.6 is 11.8 Å². The minimum atomic E-state index is -0.483. The van der Waals surface area contributed by atoms with Crippen LogP contribution in [0.4, 0.5) is 5.69 Å². The Morgan fingerprint density at radius 1 is 1.15 bits per heavy atom. The van der Waals surface area contributed by atoms with Crippen molar-refractivity contribution in [2.45, 2.75) is 49.8 Å². The van der Waals surface area contributed by atoms with Crippen molar-refractivity contribution in [3.63, 3.8) is 0 Å². The fourth-order valence-corrected chi connectivity index (χ4v) is 5.70. The van der Waals surface area contributed by atoms with Gasteiger partial charge in [-0.15, -0.1) is 0 Å². The lowest BCUT2D eigenvalue weighted by molar-refractivity contribution is -0.121. The molecule has 1 N–H and O–H groups in total. The van der Waals surface area contributed by atoms with Gasteiger partial charge in [0.05, 0.1) is 0 Å². The van der Waals surface area contributed by atoms with E-state index < -0.39 is 5.25 Å². The van der Waals surface area contributed by atoms with E-state index in [4.69, 9.17) is 0 Å². The molecule has 2 unspecified atom stereocenters.